The van der Waals surface area contributed by atoms with Crippen molar-refractivity contribution >= 4 is 5.97 Å². The van der Waals surface area contributed by atoms with Crippen molar-refractivity contribution in [1.29, 1.82) is 5.26 Å². The molecule has 0 spiro atoms. The SMILES string of the molecule is Cc1c(CC(=O)O)ccc(C#N)c1C(F)(F)F. The highest BCUT2D eigenvalue weighted by Gasteiger charge is 2.36. The van der Waals surface area contributed by atoms with Crippen molar-refractivity contribution in [3.05, 3.63) is 34.4 Å². The Bertz CT molecular complexity index is 501. The molecular formula is C11H8F3NO2. The molecule has 0 amide bonds. The van der Waals surface area contributed by atoms with Crippen LogP contribution in [-0.4, -0.2) is 11.1 Å². The Morgan fingerprint density at radius 3 is 2.47 bits per heavy atom. The van der Waals surface area contributed by atoms with Crippen LogP contribution >= 0.6 is 0 Å². The maximum Gasteiger partial charge on any atom is 0.417 e. The molecule has 0 unspecified atom stereocenters. The van der Waals surface area contributed by atoms with E-state index >= 15 is 0 Å². The summed E-state index contributed by atoms with van der Waals surface area (Å²) in [7, 11) is 0. The normalized spacial score (nSPS) is 11.0. The lowest BCUT2D eigenvalue weighted by Gasteiger charge is -2.14. The number of halogens is 3. The number of hydrogen-bond acceptors (Lipinski definition) is 2. The predicted octanol–water partition coefficient (Wildman–Crippen LogP) is 2.51. The fourth-order valence-corrected chi connectivity index (χ4v) is 1.57. The van der Waals surface area contributed by atoms with E-state index in [1.807, 2.05) is 0 Å². The number of hydrogen-bond donors (Lipinski definition) is 1. The summed E-state index contributed by atoms with van der Waals surface area (Å²) in [4.78, 5) is 10.5. The molecule has 0 saturated carbocycles. The van der Waals surface area contributed by atoms with Crippen molar-refractivity contribution in [3.63, 3.8) is 0 Å². The van der Waals surface area contributed by atoms with Crippen molar-refractivity contribution in [2.75, 3.05) is 0 Å². The summed E-state index contributed by atoms with van der Waals surface area (Å²) in [6.45, 7) is 1.17. The van der Waals surface area contributed by atoms with E-state index < -0.39 is 29.7 Å². The number of carboxylic acids is 1. The first-order valence-electron chi connectivity index (χ1n) is 4.59. The van der Waals surface area contributed by atoms with Crippen molar-refractivity contribution in [2.24, 2.45) is 0 Å². The summed E-state index contributed by atoms with van der Waals surface area (Å²) < 4.78 is 38.1. The first-order valence-corrected chi connectivity index (χ1v) is 4.59. The van der Waals surface area contributed by atoms with E-state index in [-0.39, 0.29) is 11.1 Å². The first-order chi connectivity index (χ1) is 7.77. The topological polar surface area (TPSA) is 61.1 Å². The fourth-order valence-electron chi connectivity index (χ4n) is 1.57. The van der Waals surface area contributed by atoms with E-state index in [0.717, 1.165) is 6.07 Å². The smallest absolute Gasteiger partial charge is 0.417 e. The summed E-state index contributed by atoms with van der Waals surface area (Å²) in [5.74, 6) is -1.22. The van der Waals surface area contributed by atoms with E-state index in [2.05, 4.69) is 0 Å². The van der Waals surface area contributed by atoms with Crippen LogP contribution in [0.1, 0.15) is 22.3 Å². The summed E-state index contributed by atoms with van der Waals surface area (Å²) in [5, 5.41) is 17.2. The molecule has 1 aromatic carbocycles. The summed E-state index contributed by atoms with van der Waals surface area (Å²) >= 11 is 0. The van der Waals surface area contributed by atoms with Gasteiger partial charge >= 0.3 is 12.1 Å². The minimum Gasteiger partial charge on any atom is -0.481 e. The second kappa shape index (κ2) is 4.45. The number of rotatable bonds is 2. The van der Waals surface area contributed by atoms with Crippen LogP contribution in [0.4, 0.5) is 13.2 Å². The second-order valence-corrected chi connectivity index (χ2v) is 3.45. The van der Waals surface area contributed by atoms with Crippen LogP contribution < -0.4 is 0 Å². The average molecular weight is 243 g/mol. The molecule has 0 bridgehead atoms. The van der Waals surface area contributed by atoms with Gasteiger partial charge in [0.25, 0.3) is 0 Å². The molecule has 0 aromatic heterocycles. The lowest BCUT2D eigenvalue weighted by molar-refractivity contribution is -0.139. The quantitative estimate of drug-likeness (QED) is 0.868. The van der Waals surface area contributed by atoms with Gasteiger partial charge in [0, 0.05) is 0 Å². The third-order valence-corrected chi connectivity index (χ3v) is 2.32. The van der Waals surface area contributed by atoms with Gasteiger partial charge in [0.15, 0.2) is 0 Å². The number of aliphatic carboxylic acids is 1. The van der Waals surface area contributed by atoms with Gasteiger partial charge in [-0.05, 0) is 24.1 Å². The van der Waals surface area contributed by atoms with Gasteiger partial charge in [0.2, 0.25) is 0 Å². The molecule has 0 radical (unpaired) electrons. The molecule has 1 N–H and O–H groups in total. The molecule has 3 nitrogen and oxygen atoms in total. The maximum atomic E-state index is 12.7. The molecule has 0 aliphatic rings. The predicted molar refractivity (Wildman–Crippen MR) is 52.2 cm³/mol. The number of alkyl halides is 3. The van der Waals surface area contributed by atoms with Crippen molar-refractivity contribution in [3.8, 4) is 6.07 Å². The van der Waals surface area contributed by atoms with Gasteiger partial charge in [-0.25, -0.2) is 0 Å². The fraction of sp³-hybridized carbons (Fsp3) is 0.273. The van der Waals surface area contributed by atoms with E-state index in [4.69, 9.17) is 10.4 Å². The molecule has 0 saturated heterocycles. The van der Waals surface area contributed by atoms with Gasteiger partial charge < -0.3 is 5.11 Å². The van der Waals surface area contributed by atoms with E-state index in [0.29, 0.717) is 0 Å². The highest BCUT2D eigenvalue weighted by molar-refractivity contribution is 5.71. The van der Waals surface area contributed by atoms with Crippen LogP contribution in [0.5, 0.6) is 0 Å². The zero-order valence-electron chi connectivity index (χ0n) is 8.80. The Kier molecular flexibility index (Phi) is 3.42. The third kappa shape index (κ3) is 2.75. The molecule has 1 aromatic rings. The average Bonchev–Trinajstić information content (AvgIpc) is 2.18. The van der Waals surface area contributed by atoms with Crippen LogP contribution in [0.25, 0.3) is 0 Å². The molecule has 0 aliphatic carbocycles. The van der Waals surface area contributed by atoms with Crippen molar-refractivity contribution in [1.82, 2.24) is 0 Å². The highest BCUT2D eigenvalue weighted by Crippen LogP contribution is 2.35. The standard InChI is InChI=1S/C11H8F3NO2/c1-6-7(4-9(16)17)2-3-8(5-15)10(6)11(12,13)14/h2-3H,4H2,1H3,(H,16,17). The largest absolute Gasteiger partial charge is 0.481 e. The molecule has 1 rings (SSSR count). The summed E-state index contributed by atoms with van der Waals surface area (Å²) in [5.41, 5.74) is -1.70. The Morgan fingerprint density at radius 2 is 2.06 bits per heavy atom. The molecule has 0 fully saturated rings. The molecule has 0 atom stereocenters. The van der Waals surface area contributed by atoms with Crippen molar-refractivity contribution < 1.29 is 23.1 Å². The minimum atomic E-state index is -4.66. The Balaban J connectivity index is 3.44. The van der Waals surface area contributed by atoms with E-state index in [1.54, 1.807) is 0 Å². The molecule has 90 valence electrons. The van der Waals surface area contributed by atoms with Crippen LogP contribution in [0, 0.1) is 18.3 Å². The zero-order chi connectivity index (χ0) is 13.2. The van der Waals surface area contributed by atoms with E-state index in [9.17, 15) is 18.0 Å². The Labute approximate surface area is 95.1 Å². The molecule has 0 heterocycles. The van der Waals surface area contributed by atoms with Crippen molar-refractivity contribution in [2.45, 2.75) is 19.5 Å². The van der Waals surface area contributed by atoms with Gasteiger partial charge in [0.1, 0.15) is 0 Å². The van der Waals surface area contributed by atoms with Gasteiger partial charge in [-0.1, -0.05) is 6.07 Å². The van der Waals surface area contributed by atoms with Crippen LogP contribution in [-0.2, 0) is 17.4 Å². The van der Waals surface area contributed by atoms with Crippen LogP contribution in [0.15, 0.2) is 12.1 Å². The summed E-state index contributed by atoms with van der Waals surface area (Å²) in [6, 6.07) is 3.68. The minimum absolute atomic E-state index is 0.0591. The lowest BCUT2D eigenvalue weighted by Crippen LogP contribution is -2.13. The van der Waals surface area contributed by atoms with Crippen LogP contribution in [0.3, 0.4) is 0 Å². The Hall–Kier alpha value is -2.03. The van der Waals surface area contributed by atoms with Crippen LogP contribution in [0.2, 0.25) is 0 Å². The third-order valence-electron chi connectivity index (χ3n) is 2.32. The number of nitrogens with zero attached hydrogens (tertiary/aromatic N) is 1. The highest BCUT2D eigenvalue weighted by atomic mass is 19.4. The van der Waals surface area contributed by atoms with Gasteiger partial charge in [-0.2, -0.15) is 18.4 Å². The lowest BCUT2D eigenvalue weighted by atomic mass is 9.95. The Morgan fingerprint density at radius 1 is 1.47 bits per heavy atom. The second-order valence-electron chi connectivity index (χ2n) is 3.45. The van der Waals surface area contributed by atoms with Gasteiger partial charge in [-0.15, -0.1) is 0 Å². The number of carboxylic acid groups (broad SMARTS) is 1. The molecule has 0 aliphatic heterocycles. The zero-order valence-corrected chi connectivity index (χ0v) is 8.80. The van der Waals surface area contributed by atoms with Gasteiger partial charge in [0.05, 0.1) is 23.6 Å². The first kappa shape index (κ1) is 13.0. The number of benzene rings is 1. The monoisotopic (exact) mass is 243 g/mol. The number of carbonyl (C=O) groups is 1. The number of nitriles is 1. The van der Waals surface area contributed by atoms with Gasteiger partial charge in [-0.3, -0.25) is 4.79 Å². The molecule has 6 heteroatoms. The molecular weight excluding hydrogens is 235 g/mol. The molecule has 17 heavy (non-hydrogen) atoms. The maximum absolute atomic E-state index is 12.7. The van der Waals surface area contributed by atoms with E-state index in [1.165, 1.54) is 19.1 Å². The summed E-state index contributed by atoms with van der Waals surface area (Å²) in [6.07, 6.45) is -5.16.